The first-order chi connectivity index (χ1) is 5.75. The highest BCUT2D eigenvalue weighted by Gasteiger charge is 2.43. The molecule has 0 spiro atoms. The van der Waals surface area contributed by atoms with Gasteiger partial charge in [0.15, 0.2) is 0 Å². The van der Waals surface area contributed by atoms with E-state index in [2.05, 4.69) is 5.32 Å². The molecule has 1 atom stereocenters. The van der Waals surface area contributed by atoms with Gasteiger partial charge in [-0.3, -0.25) is 4.79 Å². The molecule has 0 aromatic rings. The van der Waals surface area contributed by atoms with Crippen molar-refractivity contribution in [2.24, 2.45) is 5.92 Å². The van der Waals surface area contributed by atoms with Crippen LogP contribution < -0.4 is 5.32 Å². The summed E-state index contributed by atoms with van der Waals surface area (Å²) in [7, 11) is 0. The van der Waals surface area contributed by atoms with Crippen molar-refractivity contribution in [3.05, 3.63) is 0 Å². The van der Waals surface area contributed by atoms with Crippen LogP contribution in [0.4, 0.5) is 0 Å². The second-order valence-corrected chi connectivity index (χ2v) is 5.04. The Balaban J connectivity index is 2.84. The van der Waals surface area contributed by atoms with Crippen molar-refractivity contribution in [2.45, 2.75) is 51.7 Å². The SMILES string of the molecule is CC(C)C1(O)CC(=O)NC(C)(C)C1. The molecule has 0 saturated carbocycles. The minimum atomic E-state index is -0.828. The van der Waals surface area contributed by atoms with Gasteiger partial charge in [-0.2, -0.15) is 0 Å². The summed E-state index contributed by atoms with van der Waals surface area (Å²) in [4.78, 5) is 11.3. The highest BCUT2D eigenvalue weighted by Crippen LogP contribution is 2.34. The summed E-state index contributed by atoms with van der Waals surface area (Å²) >= 11 is 0. The normalized spacial score (nSPS) is 33.2. The lowest BCUT2D eigenvalue weighted by Gasteiger charge is -2.43. The van der Waals surface area contributed by atoms with Gasteiger partial charge in [-0.05, 0) is 26.2 Å². The molecule has 0 radical (unpaired) electrons. The van der Waals surface area contributed by atoms with Crippen LogP contribution in [0.2, 0.25) is 0 Å². The Labute approximate surface area is 79.5 Å². The Morgan fingerprint density at radius 3 is 2.38 bits per heavy atom. The van der Waals surface area contributed by atoms with E-state index in [0.29, 0.717) is 6.42 Å². The van der Waals surface area contributed by atoms with Gasteiger partial charge in [0.25, 0.3) is 0 Å². The van der Waals surface area contributed by atoms with Crippen molar-refractivity contribution >= 4 is 5.91 Å². The third kappa shape index (κ3) is 2.21. The van der Waals surface area contributed by atoms with E-state index in [1.807, 2.05) is 27.7 Å². The van der Waals surface area contributed by atoms with Gasteiger partial charge in [0.05, 0.1) is 12.0 Å². The Kier molecular flexibility index (Phi) is 2.41. The van der Waals surface area contributed by atoms with Crippen molar-refractivity contribution < 1.29 is 9.90 Å². The summed E-state index contributed by atoms with van der Waals surface area (Å²) in [5, 5.41) is 13.1. The van der Waals surface area contributed by atoms with Crippen LogP contribution in [0.1, 0.15) is 40.5 Å². The molecule has 1 rings (SSSR count). The Morgan fingerprint density at radius 2 is 2.00 bits per heavy atom. The van der Waals surface area contributed by atoms with Gasteiger partial charge in [0, 0.05) is 5.54 Å². The van der Waals surface area contributed by atoms with E-state index in [4.69, 9.17) is 0 Å². The molecule has 1 heterocycles. The average Bonchev–Trinajstić information content (AvgIpc) is 1.79. The summed E-state index contributed by atoms with van der Waals surface area (Å²) in [5.41, 5.74) is -1.11. The zero-order valence-electron chi connectivity index (χ0n) is 8.85. The number of carbonyl (C=O) groups is 1. The lowest BCUT2D eigenvalue weighted by molar-refractivity contribution is -0.139. The molecule has 1 unspecified atom stereocenters. The first kappa shape index (κ1) is 10.5. The number of nitrogens with one attached hydrogen (secondary N) is 1. The lowest BCUT2D eigenvalue weighted by atomic mass is 9.74. The predicted molar refractivity (Wildman–Crippen MR) is 51.2 cm³/mol. The number of piperidine rings is 1. The van der Waals surface area contributed by atoms with Crippen LogP contribution >= 0.6 is 0 Å². The lowest BCUT2D eigenvalue weighted by Crippen LogP contribution is -2.58. The summed E-state index contributed by atoms with van der Waals surface area (Å²) in [6.07, 6.45) is 0.859. The Bertz CT molecular complexity index is 223. The fourth-order valence-electron chi connectivity index (χ4n) is 1.98. The smallest absolute Gasteiger partial charge is 0.223 e. The van der Waals surface area contributed by atoms with Gasteiger partial charge in [-0.15, -0.1) is 0 Å². The molecule has 3 heteroatoms. The largest absolute Gasteiger partial charge is 0.389 e. The van der Waals surface area contributed by atoms with Gasteiger partial charge in [0.1, 0.15) is 0 Å². The van der Waals surface area contributed by atoms with Crippen molar-refractivity contribution in [3.8, 4) is 0 Å². The molecule has 0 bridgehead atoms. The van der Waals surface area contributed by atoms with E-state index in [1.54, 1.807) is 0 Å². The third-order valence-electron chi connectivity index (χ3n) is 2.77. The van der Waals surface area contributed by atoms with Gasteiger partial charge in [0.2, 0.25) is 5.91 Å². The maximum Gasteiger partial charge on any atom is 0.223 e. The quantitative estimate of drug-likeness (QED) is 0.642. The molecule has 1 aliphatic heterocycles. The van der Waals surface area contributed by atoms with E-state index in [9.17, 15) is 9.90 Å². The molecule has 1 fully saturated rings. The molecule has 2 N–H and O–H groups in total. The van der Waals surface area contributed by atoms with Crippen LogP contribution in [0.15, 0.2) is 0 Å². The van der Waals surface area contributed by atoms with Gasteiger partial charge >= 0.3 is 0 Å². The average molecular weight is 185 g/mol. The number of hydrogen-bond donors (Lipinski definition) is 2. The molecule has 3 nitrogen and oxygen atoms in total. The molecule has 1 aliphatic rings. The monoisotopic (exact) mass is 185 g/mol. The predicted octanol–water partition coefficient (Wildman–Crippen LogP) is 1.06. The molecule has 13 heavy (non-hydrogen) atoms. The number of carbonyl (C=O) groups excluding carboxylic acids is 1. The standard InChI is InChI=1S/C10H19NO2/c1-7(2)10(13)5-8(12)11-9(3,4)6-10/h7,13H,5-6H2,1-4H3,(H,11,12). The van der Waals surface area contributed by atoms with E-state index in [1.165, 1.54) is 0 Å². The fraction of sp³-hybridized carbons (Fsp3) is 0.900. The molecule has 0 aliphatic carbocycles. The minimum Gasteiger partial charge on any atom is -0.389 e. The van der Waals surface area contributed by atoms with Crippen molar-refractivity contribution in [1.29, 1.82) is 0 Å². The maximum absolute atomic E-state index is 11.3. The number of amides is 1. The van der Waals surface area contributed by atoms with Crippen molar-refractivity contribution in [1.82, 2.24) is 5.32 Å². The summed E-state index contributed by atoms with van der Waals surface area (Å²) < 4.78 is 0. The summed E-state index contributed by atoms with van der Waals surface area (Å²) in [6, 6.07) is 0. The van der Waals surface area contributed by atoms with E-state index >= 15 is 0 Å². The van der Waals surface area contributed by atoms with Crippen LogP contribution in [0.5, 0.6) is 0 Å². The highest BCUT2D eigenvalue weighted by atomic mass is 16.3. The number of rotatable bonds is 1. The third-order valence-corrected chi connectivity index (χ3v) is 2.77. The van der Waals surface area contributed by atoms with Crippen LogP contribution in [0.3, 0.4) is 0 Å². The molecule has 1 saturated heterocycles. The van der Waals surface area contributed by atoms with Crippen LogP contribution in [-0.4, -0.2) is 22.2 Å². The fourth-order valence-corrected chi connectivity index (χ4v) is 1.98. The molecular formula is C10H19NO2. The van der Waals surface area contributed by atoms with Crippen molar-refractivity contribution in [2.75, 3.05) is 0 Å². The second kappa shape index (κ2) is 2.98. The van der Waals surface area contributed by atoms with Crippen LogP contribution in [-0.2, 0) is 4.79 Å². The Hall–Kier alpha value is -0.570. The van der Waals surface area contributed by atoms with Crippen LogP contribution in [0, 0.1) is 5.92 Å². The number of aliphatic hydroxyl groups is 1. The molecular weight excluding hydrogens is 166 g/mol. The molecule has 0 aromatic carbocycles. The van der Waals surface area contributed by atoms with Gasteiger partial charge in [-0.1, -0.05) is 13.8 Å². The van der Waals surface area contributed by atoms with E-state index in [0.717, 1.165) is 0 Å². The minimum absolute atomic E-state index is 0.0487. The first-order valence-corrected chi connectivity index (χ1v) is 4.79. The van der Waals surface area contributed by atoms with E-state index < -0.39 is 5.60 Å². The van der Waals surface area contributed by atoms with Gasteiger partial charge < -0.3 is 10.4 Å². The van der Waals surface area contributed by atoms with Gasteiger partial charge in [-0.25, -0.2) is 0 Å². The summed E-state index contributed by atoms with van der Waals surface area (Å²) in [6.45, 7) is 7.79. The zero-order valence-corrected chi connectivity index (χ0v) is 8.85. The first-order valence-electron chi connectivity index (χ1n) is 4.79. The molecule has 76 valence electrons. The number of hydrogen-bond acceptors (Lipinski definition) is 2. The van der Waals surface area contributed by atoms with Crippen molar-refractivity contribution in [3.63, 3.8) is 0 Å². The Morgan fingerprint density at radius 1 is 1.46 bits per heavy atom. The maximum atomic E-state index is 11.3. The molecule has 0 aromatic heterocycles. The second-order valence-electron chi connectivity index (χ2n) is 5.04. The topological polar surface area (TPSA) is 49.3 Å². The molecule has 1 amide bonds. The van der Waals surface area contributed by atoms with E-state index in [-0.39, 0.29) is 23.8 Å². The zero-order chi connectivity index (χ0) is 10.3. The van der Waals surface area contributed by atoms with Crippen LogP contribution in [0.25, 0.3) is 0 Å². The summed E-state index contributed by atoms with van der Waals surface area (Å²) in [5.74, 6) is 0.0743. The highest BCUT2D eigenvalue weighted by molar-refractivity contribution is 5.79.